The molecule has 1 aromatic carbocycles. The first-order valence-electron chi connectivity index (χ1n) is 8.37. The van der Waals surface area contributed by atoms with E-state index in [-0.39, 0.29) is 0 Å². The van der Waals surface area contributed by atoms with Crippen LogP contribution in [0.3, 0.4) is 0 Å². The fourth-order valence-electron chi connectivity index (χ4n) is 3.98. The number of benzene rings is 1. The van der Waals surface area contributed by atoms with Crippen molar-refractivity contribution in [3.05, 3.63) is 29.8 Å². The lowest BCUT2D eigenvalue weighted by Crippen LogP contribution is -2.64. The Bertz CT molecular complexity index is 562. The Kier molecular flexibility index (Phi) is 3.76. The largest absolute Gasteiger partial charge is 0.354 e. The van der Waals surface area contributed by atoms with E-state index in [2.05, 4.69) is 49.3 Å². The number of nitrogens with zero attached hydrogens (tertiary/aromatic N) is 4. The normalized spacial score (nSPS) is 30.5. The summed E-state index contributed by atoms with van der Waals surface area (Å²) >= 11 is 0. The van der Waals surface area contributed by atoms with Gasteiger partial charge in [-0.3, -0.25) is 14.8 Å². The van der Waals surface area contributed by atoms with Crippen molar-refractivity contribution in [3.8, 4) is 0 Å². The van der Waals surface area contributed by atoms with E-state index >= 15 is 0 Å². The highest BCUT2D eigenvalue weighted by Gasteiger charge is 2.32. The number of anilines is 1. The van der Waals surface area contributed by atoms with Crippen molar-refractivity contribution in [3.63, 3.8) is 0 Å². The lowest BCUT2D eigenvalue weighted by molar-refractivity contribution is 0.0154. The molecule has 1 unspecified atom stereocenters. The summed E-state index contributed by atoms with van der Waals surface area (Å²) in [5.74, 6) is 1.02. The van der Waals surface area contributed by atoms with Gasteiger partial charge in [0.1, 0.15) is 0 Å². The molecule has 4 aliphatic rings. The second-order valence-corrected chi connectivity index (χ2v) is 6.45. The summed E-state index contributed by atoms with van der Waals surface area (Å²) in [6, 6.07) is 9.29. The molecule has 0 amide bonds. The van der Waals surface area contributed by atoms with Gasteiger partial charge in [0, 0.05) is 64.6 Å². The molecule has 0 aliphatic carbocycles. The minimum Gasteiger partial charge on any atom is -0.354 e. The quantitative estimate of drug-likeness (QED) is 0.641. The smallest absolute Gasteiger partial charge is 0.198 e. The molecule has 5 rings (SSSR count). The molecule has 1 aromatic rings. The lowest BCUT2D eigenvalue weighted by atomic mass is 10.1. The zero-order valence-electron chi connectivity index (χ0n) is 13.3. The summed E-state index contributed by atoms with van der Waals surface area (Å²) in [7, 11) is 1.89. The summed E-state index contributed by atoms with van der Waals surface area (Å²) in [6.07, 6.45) is 1.11. The maximum atomic E-state index is 4.51. The molecule has 1 atom stereocenters. The van der Waals surface area contributed by atoms with E-state index in [4.69, 9.17) is 0 Å². The highest BCUT2D eigenvalue weighted by Crippen LogP contribution is 2.27. The van der Waals surface area contributed by atoms with Crippen molar-refractivity contribution in [2.24, 2.45) is 4.99 Å². The zero-order valence-corrected chi connectivity index (χ0v) is 13.3. The van der Waals surface area contributed by atoms with Crippen LogP contribution in [0.5, 0.6) is 0 Å². The first-order valence-corrected chi connectivity index (χ1v) is 8.37. The number of rotatable bonds is 2. The predicted octanol–water partition coefficient (Wildman–Crippen LogP) is 0.624. The van der Waals surface area contributed by atoms with Gasteiger partial charge in [0.05, 0.1) is 0 Å². The number of fused-ring (bicyclic) bond motifs is 4. The average Bonchev–Trinajstić information content (AvgIpc) is 3.01. The number of nitrogens with one attached hydrogen (secondary N) is 1. The molecule has 118 valence electrons. The van der Waals surface area contributed by atoms with E-state index in [9.17, 15) is 0 Å². The number of hydrogen-bond acceptors (Lipinski definition) is 3. The van der Waals surface area contributed by atoms with Crippen molar-refractivity contribution in [1.29, 1.82) is 0 Å². The van der Waals surface area contributed by atoms with Crippen LogP contribution in [0.15, 0.2) is 29.3 Å². The van der Waals surface area contributed by atoms with E-state index in [1.165, 1.54) is 44.0 Å². The molecule has 4 heterocycles. The van der Waals surface area contributed by atoms with E-state index in [0.29, 0.717) is 6.04 Å². The molecule has 5 nitrogen and oxygen atoms in total. The Balaban J connectivity index is 1.42. The van der Waals surface area contributed by atoms with Crippen LogP contribution in [0.2, 0.25) is 0 Å². The van der Waals surface area contributed by atoms with Gasteiger partial charge in [-0.15, -0.1) is 0 Å². The number of guanidine groups is 1. The SMILES string of the molecule is CN=C(NCC1CN2CCN1CC2)N1CCc2ccccc21. The topological polar surface area (TPSA) is 34.1 Å². The van der Waals surface area contributed by atoms with Crippen LogP contribution in [0, 0.1) is 0 Å². The highest BCUT2D eigenvalue weighted by molar-refractivity contribution is 5.97. The van der Waals surface area contributed by atoms with Gasteiger partial charge in [-0.1, -0.05) is 18.2 Å². The third-order valence-electron chi connectivity index (χ3n) is 5.24. The second-order valence-electron chi connectivity index (χ2n) is 6.45. The molecular formula is C17H25N5. The molecule has 1 N–H and O–H groups in total. The van der Waals surface area contributed by atoms with Crippen molar-refractivity contribution < 1.29 is 0 Å². The van der Waals surface area contributed by atoms with E-state index in [1.54, 1.807) is 0 Å². The molecule has 0 saturated carbocycles. The summed E-state index contributed by atoms with van der Waals surface area (Å²) in [6.45, 7) is 8.13. The Hall–Kier alpha value is -1.59. The first kappa shape index (κ1) is 14.0. The Labute approximate surface area is 132 Å². The predicted molar refractivity (Wildman–Crippen MR) is 90.7 cm³/mol. The van der Waals surface area contributed by atoms with E-state index in [1.807, 2.05) is 7.05 Å². The third kappa shape index (κ3) is 2.48. The Morgan fingerprint density at radius 2 is 2.00 bits per heavy atom. The number of aliphatic imine (C=N–C) groups is 1. The van der Waals surface area contributed by atoms with Gasteiger partial charge < -0.3 is 10.2 Å². The van der Waals surface area contributed by atoms with Crippen LogP contribution in [-0.2, 0) is 6.42 Å². The molecule has 0 radical (unpaired) electrons. The maximum absolute atomic E-state index is 4.51. The van der Waals surface area contributed by atoms with Crippen molar-refractivity contribution in [2.75, 3.05) is 57.8 Å². The molecule has 5 heteroatoms. The molecule has 3 saturated heterocycles. The maximum Gasteiger partial charge on any atom is 0.198 e. The molecule has 22 heavy (non-hydrogen) atoms. The fraction of sp³-hybridized carbons (Fsp3) is 0.588. The number of piperazine rings is 3. The standard InChI is InChI=1S/C17H25N5/c1-18-17(22-7-6-14-4-2-3-5-16(14)22)19-12-15-13-20-8-10-21(15)11-9-20/h2-5,15H,6-13H2,1H3,(H,18,19). The average molecular weight is 299 g/mol. The summed E-state index contributed by atoms with van der Waals surface area (Å²) in [5, 5.41) is 3.61. The van der Waals surface area contributed by atoms with Gasteiger partial charge in [0.25, 0.3) is 0 Å². The molecule has 4 aliphatic heterocycles. The highest BCUT2D eigenvalue weighted by atomic mass is 15.4. The fourth-order valence-corrected chi connectivity index (χ4v) is 3.98. The first-order chi connectivity index (χ1) is 10.8. The Morgan fingerprint density at radius 3 is 2.73 bits per heavy atom. The number of hydrogen-bond donors (Lipinski definition) is 1. The van der Waals surface area contributed by atoms with Crippen LogP contribution in [-0.4, -0.2) is 74.7 Å². The van der Waals surface area contributed by atoms with Gasteiger partial charge in [0.2, 0.25) is 0 Å². The molecule has 0 aromatic heterocycles. The van der Waals surface area contributed by atoms with Crippen molar-refractivity contribution >= 4 is 11.6 Å². The lowest BCUT2D eigenvalue weighted by Gasteiger charge is -2.47. The molecule has 2 bridgehead atoms. The van der Waals surface area contributed by atoms with E-state index in [0.717, 1.165) is 25.5 Å². The summed E-state index contributed by atoms with van der Waals surface area (Å²) in [5.41, 5.74) is 2.74. The van der Waals surface area contributed by atoms with Gasteiger partial charge >= 0.3 is 0 Å². The van der Waals surface area contributed by atoms with Gasteiger partial charge in [0.15, 0.2) is 5.96 Å². The van der Waals surface area contributed by atoms with Crippen molar-refractivity contribution in [2.45, 2.75) is 12.5 Å². The van der Waals surface area contributed by atoms with Crippen LogP contribution < -0.4 is 10.2 Å². The second kappa shape index (κ2) is 5.89. The van der Waals surface area contributed by atoms with Crippen LogP contribution >= 0.6 is 0 Å². The van der Waals surface area contributed by atoms with Gasteiger partial charge in [-0.25, -0.2) is 0 Å². The molecular weight excluding hydrogens is 274 g/mol. The minimum atomic E-state index is 0.622. The van der Waals surface area contributed by atoms with Gasteiger partial charge in [-0.05, 0) is 18.1 Å². The van der Waals surface area contributed by atoms with Crippen LogP contribution in [0.1, 0.15) is 5.56 Å². The molecule has 0 spiro atoms. The van der Waals surface area contributed by atoms with Crippen LogP contribution in [0.4, 0.5) is 5.69 Å². The Morgan fingerprint density at radius 1 is 1.18 bits per heavy atom. The minimum absolute atomic E-state index is 0.622. The van der Waals surface area contributed by atoms with Crippen molar-refractivity contribution in [1.82, 2.24) is 15.1 Å². The van der Waals surface area contributed by atoms with Gasteiger partial charge in [-0.2, -0.15) is 0 Å². The van der Waals surface area contributed by atoms with Crippen LogP contribution in [0.25, 0.3) is 0 Å². The third-order valence-corrected chi connectivity index (χ3v) is 5.24. The summed E-state index contributed by atoms with van der Waals surface area (Å²) < 4.78 is 0. The monoisotopic (exact) mass is 299 g/mol. The molecule has 3 fully saturated rings. The summed E-state index contributed by atoms with van der Waals surface area (Å²) in [4.78, 5) is 12.0. The number of para-hydroxylation sites is 1. The van der Waals surface area contributed by atoms with E-state index < -0.39 is 0 Å². The zero-order chi connectivity index (χ0) is 14.9.